The number of carboxylic acids is 1. The zero-order valence-electron chi connectivity index (χ0n) is 32.1. The average Bonchev–Trinajstić information content (AvgIpc) is 3.12. The first-order valence-corrected chi connectivity index (χ1v) is 21.2. The van der Waals surface area contributed by atoms with Gasteiger partial charge in [-0.05, 0) is 70.6 Å². The van der Waals surface area contributed by atoms with Crippen LogP contribution in [0.1, 0.15) is 155 Å². The van der Waals surface area contributed by atoms with E-state index in [2.05, 4.69) is 67.0 Å². The molecule has 0 spiro atoms. The number of phosphoric acid groups is 1. The van der Waals surface area contributed by atoms with Crippen LogP contribution >= 0.6 is 7.82 Å². The van der Waals surface area contributed by atoms with E-state index in [1.54, 1.807) is 0 Å². The Morgan fingerprint density at radius 3 is 1.60 bits per heavy atom. The lowest BCUT2D eigenvalue weighted by atomic mass is 10.1. The van der Waals surface area contributed by atoms with E-state index in [4.69, 9.17) is 24.8 Å². The maximum absolute atomic E-state index is 12.5. The molecule has 0 fully saturated rings. The highest BCUT2D eigenvalue weighted by Crippen LogP contribution is 2.43. The SMILES string of the molecule is CCCC/C=C/CCCCCCCC(=O)O[C@@H](COC(=O)CCCCCC/C=C/C/C=C/C/C=C/CCCCC)COP(=O)(O)OC[C@@H](N)C(=O)O. The number of esters is 2. The summed E-state index contributed by atoms with van der Waals surface area (Å²) in [7, 11) is -4.72. The summed E-state index contributed by atoms with van der Waals surface area (Å²) < 4.78 is 32.5. The summed E-state index contributed by atoms with van der Waals surface area (Å²) in [5.41, 5.74) is 5.31. The van der Waals surface area contributed by atoms with Crippen LogP contribution < -0.4 is 5.73 Å². The number of rotatable bonds is 36. The van der Waals surface area contributed by atoms with E-state index in [9.17, 15) is 23.8 Å². The summed E-state index contributed by atoms with van der Waals surface area (Å²) >= 11 is 0. The lowest BCUT2D eigenvalue weighted by molar-refractivity contribution is -0.161. The Hall–Kier alpha value is -2.56. The van der Waals surface area contributed by atoms with Gasteiger partial charge < -0.3 is 25.2 Å². The Bertz CT molecular complexity index is 1070. The van der Waals surface area contributed by atoms with Crippen LogP contribution in [0, 0.1) is 0 Å². The van der Waals surface area contributed by atoms with Gasteiger partial charge in [0, 0.05) is 12.8 Å². The van der Waals surface area contributed by atoms with Crippen LogP contribution in [-0.2, 0) is 37.5 Å². The molecule has 12 heteroatoms. The van der Waals surface area contributed by atoms with Crippen molar-refractivity contribution in [1.82, 2.24) is 0 Å². The number of nitrogens with two attached hydrogens (primary N) is 1. The predicted octanol–water partition coefficient (Wildman–Crippen LogP) is 9.83. The second-order valence-corrected chi connectivity index (χ2v) is 14.5. The normalized spacial score (nSPS) is 14.4. The van der Waals surface area contributed by atoms with Gasteiger partial charge in [-0.3, -0.25) is 23.4 Å². The molecule has 0 amide bonds. The van der Waals surface area contributed by atoms with E-state index in [-0.39, 0.29) is 19.4 Å². The standard InChI is InChI=1S/C40H70NO10P/c1-3-5-7-9-11-13-15-16-17-18-19-20-22-23-25-27-29-31-38(42)48-33-36(34-49-52(46,47)50-35-37(41)40(44)45)51-39(43)32-30-28-26-24-21-14-12-10-8-6-4-2/h10-13,16-17,19-20,36-37H,3-9,14-15,18,21-35,41H2,1-2H3,(H,44,45)(H,46,47)/b12-10+,13-11+,17-16+,20-19+/t36-,37+/m0/s1. The molecule has 300 valence electrons. The van der Waals surface area contributed by atoms with Crippen LogP contribution in [-0.4, -0.2) is 59.9 Å². The average molecular weight is 756 g/mol. The first-order chi connectivity index (χ1) is 25.1. The number of carboxylic acid groups (broad SMARTS) is 1. The van der Waals surface area contributed by atoms with E-state index < -0.39 is 51.1 Å². The van der Waals surface area contributed by atoms with E-state index in [1.165, 1.54) is 32.1 Å². The van der Waals surface area contributed by atoms with Gasteiger partial charge in [0.25, 0.3) is 0 Å². The van der Waals surface area contributed by atoms with Crippen molar-refractivity contribution in [2.75, 3.05) is 19.8 Å². The first kappa shape index (κ1) is 49.4. The van der Waals surface area contributed by atoms with Crippen molar-refractivity contribution in [3.63, 3.8) is 0 Å². The lowest BCUT2D eigenvalue weighted by Crippen LogP contribution is -2.34. The van der Waals surface area contributed by atoms with Crippen LogP contribution in [0.5, 0.6) is 0 Å². The van der Waals surface area contributed by atoms with Crippen molar-refractivity contribution in [3.05, 3.63) is 48.6 Å². The van der Waals surface area contributed by atoms with E-state index >= 15 is 0 Å². The summed E-state index contributed by atoms with van der Waals surface area (Å²) in [6.45, 7) is 2.67. The fraction of sp³-hybridized carbons (Fsp3) is 0.725. The molecule has 0 aliphatic rings. The number of hydrogen-bond acceptors (Lipinski definition) is 9. The minimum absolute atomic E-state index is 0.144. The van der Waals surface area contributed by atoms with Crippen LogP contribution in [0.25, 0.3) is 0 Å². The molecule has 4 N–H and O–H groups in total. The van der Waals surface area contributed by atoms with Crippen molar-refractivity contribution < 1.29 is 47.5 Å². The third-order valence-corrected chi connectivity index (χ3v) is 9.00. The van der Waals surface area contributed by atoms with E-state index in [0.717, 1.165) is 83.5 Å². The zero-order chi connectivity index (χ0) is 38.5. The van der Waals surface area contributed by atoms with Gasteiger partial charge in [-0.25, -0.2) is 4.57 Å². The molecule has 0 saturated heterocycles. The van der Waals surface area contributed by atoms with Crippen molar-refractivity contribution in [3.8, 4) is 0 Å². The third-order valence-electron chi connectivity index (χ3n) is 8.05. The van der Waals surface area contributed by atoms with E-state index in [0.29, 0.717) is 12.8 Å². The molecule has 0 aliphatic carbocycles. The van der Waals surface area contributed by atoms with Crippen LogP contribution in [0.2, 0.25) is 0 Å². The van der Waals surface area contributed by atoms with Crippen LogP contribution in [0.15, 0.2) is 48.6 Å². The number of allylic oxidation sites excluding steroid dienone is 8. The highest BCUT2D eigenvalue weighted by atomic mass is 31.2. The topological polar surface area (TPSA) is 172 Å². The largest absolute Gasteiger partial charge is 0.480 e. The minimum atomic E-state index is -4.72. The second-order valence-electron chi connectivity index (χ2n) is 13.1. The molecule has 0 bridgehead atoms. The van der Waals surface area contributed by atoms with Crippen molar-refractivity contribution in [1.29, 1.82) is 0 Å². The van der Waals surface area contributed by atoms with Crippen LogP contribution in [0.4, 0.5) is 0 Å². The minimum Gasteiger partial charge on any atom is -0.480 e. The summed E-state index contributed by atoms with van der Waals surface area (Å²) in [5, 5.41) is 8.86. The Morgan fingerprint density at radius 1 is 0.596 bits per heavy atom. The highest BCUT2D eigenvalue weighted by Gasteiger charge is 2.28. The molecule has 0 aromatic heterocycles. The number of unbranched alkanes of at least 4 members (excludes halogenated alkanes) is 14. The molecule has 3 atom stereocenters. The number of hydrogen-bond donors (Lipinski definition) is 3. The van der Waals surface area contributed by atoms with Gasteiger partial charge in [-0.1, -0.05) is 120 Å². The summed E-state index contributed by atoms with van der Waals surface area (Å²) in [6, 6.07) is -1.53. The van der Waals surface area contributed by atoms with Gasteiger partial charge in [-0.15, -0.1) is 0 Å². The van der Waals surface area contributed by atoms with Crippen LogP contribution in [0.3, 0.4) is 0 Å². The Kier molecular flexibility index (Phi) is 33.7. The second kappa shape index (κ2) is 35.5. The van der Waals surface area contributed by atoms with Gasteiger partial charge in [-0.2, -0.15) is 0 Å². The molecule has 11 nitrogen and oxygen atoms in total. The summed E-state index contributed by atoms with van der Waals surface area (Å²) in [6.07, 6.45) is 37.5. The number of aliphatic carboxylic acids is 1. The van der Waals surface area contributed by atoms with Crippen molar-refractivity contribution in [2.24, 2.45) is 5.73 Å². The maximum atomic E-state index is 12.5. The fourth-order valence-corrected chi connectivity index (χ4v) is 5.65. The molecular formula is C40H70NO10P. The molecule has 1 unspecified atom stereocenters. The summed E-state index contributed by atoms with van der Waals surface area (Å²) in [4.78, 5) is 45.7. The van der Waals surface area contributed by atoms with Gasteiger partial charge in [0.1, 0.15) is 12.6 Å². The lowest BCUT2D eigenvalue weighted by Gasteiger charge is -2.20. The van der Waals surface area contributed by atoms with Crippen molar-refractivity contribution >= 4 is 25.7 Å². The molecule has 0 heterocycles. The molecule has 0 radical (unpaired) electrons. The molecule has 0 aliphatic heterocycles. The maximum Gasteiger partial charge on any atom is 0.472 e. The highest BCUT2D eigenvalue weighted by molar-refractivity contribution is 7.47. The molecule has 0 aromatic carbocycles. The number of phosphoric ester groups is 1. The number of carbonyl (C=O) groups excluding carboxylic acids is 2. The predicted molar refractivity (Wildman–Crippen MR) is 208 cm³/mol. The molecular weight excluding hydrogens is 685 g/mol. The van der Waals surface area contributed by atoms with Gasteiger partial charge in [0.2, 0.25) is 0 Å². The van der Waals surface area contributed by atoms with E-state index in [1.807, 2.05) is 0 Å². The third kappa shape index (κ3) is 34.5. The molecule has 0 aromatic rings. The zero-order valence-corrected chi connectivity index (χ0v) is 33.0. The monoisotopic (exact) mass is 755 g/mol. The molecule has 0 saturated carbocycles. The Balaban J connectivity index is 4.46. The van der Waals surface area contributed by atoms with Gasteiger partial charge in [0.15, 0.2) is 6.10 Å². The van der Waals surface area contributed by atoms with Gasteiger partial charge in [0.05, 0.1) is 13.2 Å². The number of carbonyl (C=O) groups is 3. The molecule has 0 rings (SSSR count). The first-order valence-electron chi connectivity index (χ1n) is 19.7. The number of ether oxygens (including phenoxy) is 2. The smallest absolute Gasteiger partial charge is 0.472 e. The fourth-order valence-electron chi connectivity index (χ4n) is 4.87. The van der Waals surface area contributed by atoms with Crippen molar-refractivity contribution in [2.45, 2.75) is 167 Å². The Morgan fingerprint density at radius 2 is 1.04 bits per heavy atom. The Labute approximate surface area is 314 Å². The van der Waals surface area contributed by atoms with Gasteiger partial charge >= 0.3 is 25.7 Å². The quantitative estimate of drug-likeness (QED) is 0.0241. The molecule has 52 heavy (non-hydrogen) atoms. The summed E-state index contributed by atoms with van der Waals surface area (Å²) in [5.74, 6) is -2.43.